The van der Waals surface area contributed by atoms with E-state index < -0.39 is 0 Å². The van der Waals surface area contributed by atoms with E-state index >= 15 is 0 Å². The van der Waals surface area contributed by atoms with Crippen molar-refractivity contribution in [2.24, 2.45) is 0 Å². The van der Waals surface area contributed by atoms with E-state index in [1.54, 1.807) is 18.2 Å². The summed E-state index contributed by atoms with van der Waals surface area (Å²) < 4.78 is 1.88. The fourth-order valence-electron chi connectivity index (χ4n) is 3.52. The molecule has 0 fully saturated rings. The molecule has 0 aliphatic rings. The molecule has 3 rings (SSSR count). The molecular formula is C26H29ClN4O2. The molecule has 0 bridgehead atoms. The molecule has 1 aromatic heterocycles. The molecule has 0 saturated carbocycles. The molecule has 0 spiro atoms. The number of rotatable bonds is 7. The smallest absolute Gasteiger partial charge is 0.251 e. The number of anilines is 1. The number of nitrogens with zero attached hydrogens (tertiary/aromatic N) is 2. The monoisotopic (exact) mass is 464 g/mol. The first-order valence-electron chi connectivity index (χ1n) is 10.8. The molecular weight excluding hydrogens is 436 g/mol. The molecule has 2 amide bonds. The molecule has 7 heteroatoms. The number of carbonyl (C=O) groups excluding carboxylic acids is 2. The number of hydrogen-bond donors (Lipinski definition) is 2. The van der Waals surface area contributed by atoms with Gasteiger partial charge in [-0.15, -0.1) is 0 Å². The number of aryl methyl sites for hydroxylation is 2. The third kappa shape index (κ3) is 6.11. The van der Waals surface area contributed by atoms with Crippen LogP contribution in [-0.4, -0.2) is 27.6 Å². The number of aromatic nitrogens is 2. The highest BCUT2D eigenvalue weighted by molar-refractivity contribution is 6.31. The Hall–Kier alpha value is -3.38. The van der Waals surface area contributed by atoms with E-state index in [9.17, 15) is 9.59 Å². The van der Waals surface area contributed by atoms with Crippen molar-refractivity contribution < 1.29 is 9.59 Å². The third-order valence-electron chi connectivity index (χ3n) is 5.29. The summed E-state index contributed by atoms with van der Waals surface area (Å²) in [7, 11) is 0. The molecule has 0 aliphatic heterocycles. The van der Waals surface area contributed by atoms with Crippen molar-refractivity contribution in [3.8, 4) is 0 Å². The Morgan fingerprint density at radius 2 is 1.85 bits per heavy atom. The summed E-state index contributed by atoms with van der Waals surface area (Å²) in [5.41, 5.74) is 5.59. The predicted octanol–water partition coefficient (Wildman–Crippen LogP) is 5.30. The van der Waals surface area contributed by atoms with E-state index in [1.165, 1.54) is 6.08 Å². The van der Waals surface area contributed by atoms with Crippen molar-refractivity contribution >= 4 is 35.2 Å². The van der Waals surface area contributed by atoms with Gasteiger partial charge in [0, 0.05) is 39.6 Å². The zero-order valence-electron chi connectivity index (χ0n) is 19.6. The lowest BCUT2D eigenvalue weighted by Crippen LogP contribution is -2.30. The van der Waals surface area contributed by atoms with Gasteiger partial charge in [-0.1, -0.05) is 35.9 Å². The summed E-state index contributed by atoms with van der Waals surface area (Å²) in [4.78, 5) is 25.0. The first kappa shape index (κ1) is 24.3. The van der Waals surface area contributed by atoms with Gasteiger partial charge in [0.25, 0.3) is 5.91 Å². The fraction of sp³-hybridized carbons (Fsp3) is 0.269. The van der Waals surface area contributed by atoms with Gasteiger partial charge < -0.3 is 10.6 Å². The van der Waals surface area contributed by atoms with Crippen molar-refractivity contribution in [1.82, 2.24) is 15.1 Å². The minimum absolute atomic E-state index is 0.0309. The standard InChI is InChI=1S/C26H29ClN4O2/c1-16(2)28-26(33)23-14-21(11-10-17(23)3)29-25(32)13-12-22-18(4)30-31(19(22)5)15-20-8-6-7-9-24(20)27/h6-14,16H,15H2,1-5H3,(H,28,33)(H,29,32)/b13-12+. The minimum atomic E-state index is -0.285. The van der Waals surface area contributed by atoms with Crippen LogP contribution < -0.4 is 10.6 Å². The van der Waals surface area contributed by atoms with Gasteiger partial charge in [-0.2, -0.15) is 5.10 Å². The molecule has 0 aliphatic carbocycles. The van der Waals surface area contributed by atoms with Crippen LogP contribution in [0.4, 0.5) is 5.69 Å². The Morgan fingerprint density at radius 1 is 1.12 bits per heavy atom. The van der Waals surface area contributed by atoms with Crippen molar-refractivity contribution in [3.05, 3.63) is 87.2 Å². The molecule has 172 valence electrons. The van der Waals surface area contributed by atoms with Crippen LogP contribution in [0.5, 0.6) is 0 Å². The van der Waals surface area contributed by atoms with E-state index in [1.807, 2.05) is 69.6 Å². The number of benzene rings is 2. The van der Waals surface area contributed by atoms with Crippen LogP contribution in [0, 0.1) is 20.8 Å². The average molecular weight is 465 g/mol. The molecule has 1 heterocycles. The Morgan fingerprint density at radius 3 is 2.55 bits per heavy atom. The van der Waals surface area contributed by atoms with Gasteiger partial charge in [-0.25, -0.2) is 0 Å². The van der Waals surface area contributed by atoms with E-state index in [4.69, 9.17) is 11.6 Å². The maximum atomic E-state index is 12.6. The summed E-state index contributed by atoms with van der Waals surface area (Å²) in [6.45, 7) is 10.1. The van der Waals surface area contributed by atoms with Crippen LogP contribution in [-0.2, 0) is 11.3 Å². The summed E-state index contributed by atoms with van der Waals surface area (Å²) in [6, 6.07) is 13.0. The number of nitrogens with one attached hydrogen (secondary N) is 2. The van der Waals surface area contributed by atoms with Crippen LogP contribution >= 0.6 is 11.6 Å². The van der Waals surface area contributed by atoms with Gasteiger partial charge in [-0.05, 0) is 70.0 Å². The molecule has 2 aromatic carbocycles. The van der Waals surface area contributed by atoms with Gasteiger partial charge in [0.15, 0.2) is 0 Å². The number of halogens is 1. The normalized spacial score (nSPS) is 11.2. The average Bonchev–Trinajstić information content (AvgIpc) is 3.01. The zero-order chi connectivity index (χ0) is 24.1. The molecule has 0 radical (unpaired) electrons. The fourth-order valence-corrected chi connectivity index (χ4v) is 3.72. The Kier molecular flexibility index (Phi) is 7.71. The number of amides is 2. The lowest BCUT2D eigenvalue weighted by molar-refractivity contribution is -0.111. The van der Waals surface area contributed by atoms with Crippen molar-refractivity contribution in [1.29, 1.82) is 0 Å². The maximum Gasteiger partial charge on any atom is 0.251 e. The summed E-state index contributed by atoms with van der Waals surface area (Å²) >= 11 is 6.28. The number of carbonyl (C=O) groups is 2. The Bertz CT molecular complexity index is 1210. The summed E-state index contributed by atoms with van der Waals surface area (Å²) in [6.07, 6.45) is 3.24. The van der Waals surface area contributed by atoms with Gasteiger partial charge >= 0.3 is 0 Å². The topological polar surface area (TPSA) is 76.0 Å². The van der Waals surface area contributed by atoms with E-state index in [0.29, 0.717) is 22.8 Å². The van der Waals surface area contributed by atoms with E-state index in [-0.39, 0.29) is 17.9 Å². The Balaban J connectivity index is 1.73. The summed E-state index contributed by atoms with van der Waals surface area (Å²) in [5.74, 6) is -0.446. The van der Waals surface area contributed by atoms with Crippen LogP contribution in [0.25, 0.3) is 6.08 Å². The van der Waals surface area contributed by atoms with E-state index in [2.05, 4.69) is 15.7 Å². The van der Waals surface area contributed by atoms with Crippen molar-refractivity contribution in [3.63, 3.8) is 0 Å². The summed E-state index contributed by atoms with van der Waals surface area (Å²) in [5, 5.41) is 11.0. The highest BCUT2D eigenvalue weighted by atomic mass is 35.5. The zero-order valence-corrected chi connectivity index (χ0v) is 20.3. The maximum absolute atomic E-state index is 12.6. The molecule has 3 aromatic rings. The number of hydrogen-bond acceptors (Lipinski definition) is 3. The van der Waals surface area contributed by atoms with Crippen molar-refractivity contribution in [2.45, 2.75) is 47.2 Å². The second-order valence-electron chi connectivity index (χ2n) is 8.31. The van der Waals surface area contributed by atoms with Gasteiger partial charge in [0.05, 0.1) is 12.2 Å². The second-order valence-corrected chi connectivity index (χ2v) is 8.72. The minimum Gasteiger partial charge on any atom is -0.350 e. The predicted molar refractivity (Wildman–Crippen MR) is 134 cm³/mol. The molecule has 33 heavy (non-hydrogen) atoms. The lowest BCUT2D eigenvalue weighted by Gasteiger charge is -2.12. The molecule has 0 unspecified atom stereocenters. The molecule has 6 nitrogen and oxygen atoms in total. The highest BCUT2D eigenvalue weighted by Gasteiger charge is 2.13. The highest BCUT2D eigenvalue weighted by Crippen LogP contribution is 2.21. The van der Waals surface area contributed by atoms with Crippen LogP contribution in [0.15, 0.2) is 48.5 Å². The third-order valence-corrected chi connectivity index (χ3v) is 5.66. The SMILES string of the molecule is Cc1ccc(NC(=O)/C=C/c2c(C)nn(Cc3ccccc3Cl)c2C)cc1C(=O)NC(C)C. The Labute approximate surface area is 199 Å². The van der Waals surface area contributed by atoms with Gasteiger partial charge in [-0.3, -0.25) is 14.3 Å². The van der Waals surface area contributed by atoms with E-state index in [0.717, 1.165) is 28.1 Å². The lowest BCUT2D eigenvalue weighted by atomic mass is 10.1. The van der Waals surface area contributed by atoms with Gasteiger partial charge in [0.2, 0.25) is 5.91 Å². The van der Waals surface area contributed by atoms with Crippen molar-refractivity contribution in [2.75, 3.05) is 5.32 Å². The molecule has 2 N–H and O–H groups in total. The van der Waals surface area contributed by atoms with Crippen LogP contribution in [0.3, 0.4) is 0 Å². The largest absolute Gasteiger partial charge is 0.350 e. The van der Waals surface area contributed by atoms with Gasteiger partial charge in [0.1, 0.15) is 0 Å². The van der Waals surface area contributed by atoms with Crippen LogP contribution in [0.1, 0.15) is 52.3 Å². The van der Waals surface area contributed by atoms with Crippen LogP contribution in [0.2, 0.25) is 5.02 Å². The second kappa shape index (κ2) is 10.5. The molecule has 0 atom stereocenters. The first-order chi connectivity index (χ1) is 15.7. The molecule has 0 saturated heterocycles. The quantitative estimate of drug-likeness (QED) is 0.466. The first-order valence-corrected chi connectivity index (χ1v) is 11.2.